The SMILES string of the molecule is OCC1COC(c2ccc(Cl)cc2Cl)O1. The molecule has 2 unspecified atom stereocenters. The lowest BCUT2D eigenvalue weighted by Crippen LogP contribution is -2.14. The van der Waals surface area contributed by atoms with Crippen molar-refractivity contribution in [3.8, 4) is 0 Å². The predicted octanol–water partition coefficient (Wildman–Crippen LogP) is 2.40. The van der Waals surface area contributed by atoms with Crippen molar-refractivity contribution in [3.05, 3.63) is 33.8 Å². The van der Waals surface area contributed by atoms with Gasteiger partial charge in [-0.15, -0.1) is 0 Å². The topological polar surface area (TPSA) is 38.7 Å². The number of rotatable bonds is 2. The van der Waals surface area contributed by atoms with Gasteiger partial charge >= 0.3 is 0 Å². The average Bonchev–Trinajstić information content (AvgIpc) is 2.66. The number of hydrogen-bond acceptors (Lipinski definition) is 3. The van der Waals surface area contributed by atoms with E-state index in [0.717, 1.165) is 5.56 Å². The molecule has 0 radical (unpaired) electrons. The quantitative estimate of drug-likeness (QED) is 0.874. The molecule has 2 rings (SSSR count). The Morgan fingerprint density at radius 1 is 1.40 bits per heavy atom. The van der Waals surface area contributed by atoms with Crippen LogP contribution in [0.5, 0.6) is 0 Å². The number of aliphatic hydroxyl groups excluding tert-OH is 1. The van der Waals surface area contributed by atoms with Gasteiger partial charge in [-0.05, 0) is 12.1 Å². The van der Waals surface area contributed by atoms with Crippen molar-refractivity contribution in [3.63, 3.8) is 0 Å². The molecule has 0 aromatic heterocycles. The van der Waals surface area contributed by atoms with Gasteiger partial charge in [-0.2, -0.15) is 0 Å². The summed E-state index contributed by atoms with van der Waals surface area (Å²) in [5.74, 6) is 0. The molecule has 1 heterocycles. The highest BCUT2D eigenvalue weighted by atomic mass is 35.5. The largest absolute Gasteiger partial charge is 0.394 e. The second-order valence-corrected chi connectivity index (χ2v) is 4.12. The Hall–Kier alpha value is -0.320. The van der Waals surface area contributed by atoms with Crippen LogP contribution in [0.3, 0.4) is 0 Å². The Bertz CT molecular complexity index is 357. The van der Waals surface area contributed by atoms with Gasteiger partial charge in [0.15, 0.2) is 6.29 Å². The molecular weight excluding hydrogens is 239 g/mol. The van der Waals surface area contributed by atoms with Crippen LogP contribution < -0.4 is 0 Å². The molecule has 1 fully saturated rings. The maximum Gasteiger partial charge on any atom is 0.185 e. The Balaban J connectivity index is 2.17. The van der Waals surface area contributed by atoms with Crippen molar-refractivity contribution in [2.75, 3.05) is 13.2 Å². The number of ether oxygens (including phenoxy) is 2. The first-order chi connectivity index (χ1) is 7.20. The van der Waals surface area contributed by atoms with Crippen LogP contribution in [0.4, 0.5) is 0 Å². The standard InChI is InChI=1S/C10H10Cl2O3/c11-6-1-2-8(9(12)3-6)10-14-5-7(4-13)15-10/h1-3,7,10,13H,4-5H2. The zero-order chi connectivity index (χ0) is 10.8. The van der Waals surface area contributed by atoms with Gasteiger partial charge in [-0.1, -0.05) is 29.3 Å². The van der Waals surface area contributed by atoms with E-state index in [4.69, 9.17) is 37.8 Å². The molecule has 0 amide bonds. The van der Waals surface area contributed by atoms with Gasteiger partial charge < -0.3 is 14.6 Å². The summed E-state index contributed by atoms with van der Waals surface area (Å²) in [6.07, 6.45) is -0.784. The van der Waals surface area contributed by atoms with Gasteiger partial charge in [0.25, 0.3) is 0 Å². The van der Waals surface area contributed by atoms with Crippen LogP contribution in [0.2, 0.25) is 10.0 Å². The van der Waals surface area contributed by atoms with E-state index in [0.29, 0.717) is 16.7 Å². The maximum atomic E-state index is 8.89. The second kappa shape index (κ2) is 4.68. The Morgan fingerprint density at radius 2 is 2.20 bits per heavy atom. The lowest BCUT2D eigenvalue weighted by Gasteiger charge is -2.12. The summed E-state index contributed by atoms with van der Waals surface area (Å²) in [5, 5.41) is 9.96. The number of halogens is 2. The zero-order valence-electron chi connectivity index (χ0n) is 7.82. The lowest BCUT2D eigenvalue weighted by atomic mass is 10.2. The van der Waals surface area contributed by atoms with Gasteiger partial charge in [-0.3, -0.25) is 0 Å². The predicted molar refractivity (Wildman–Crippen MR) is 57.1 cm³/mol. The van der Waals surface area contributed by atoms with Crippen LogP contribution in [-0.2, 0) is 9.47 Å². The first-order valence-electron chi connectivity index (χ1n) is 4.53. The van der Waals surface area contributed by atoms with Crippen molar-refractivity contribution in [1.29, 1.82) is 0 Å². The van der Waals surface area contributed by atoms with Gasteiger partial charge in [0, 0.05) is 10.6 Å². The lowest BCUT2D eigenvalue weighted by molar-refractivity contribution is -0.0675. The molecule has 1 aliphatic rings. The first kappa shape index (κ1) is 11.2. The fourth-order valence-electron chi connectivity index (χ4n) is 1.40. The smallest absolute Gasteiger partial charge is 0.185 e. The summed E-state index contributed by atoms with van der Waals surface area (Å²) >= 11 is 11.8. The second-order valence-electron chi connectivity index (χ2n) is 3.27. The number of aliphatic hydroxyl groups is 1. The van der Waals surface area contributed by atoms with Crippen LogP contribution >= 0.6 is 23.2 Å². The molecule has 15 heavy (non-hydrogen) atoms. The van der Waals surface area contributed by atoms with E-state index in [2.05, 4.69) is 0 Å². The molecule has 2 atom stereocenters. The number of hydrogen-bond donors (Lipinski definition) is 1. The van der Waals surface area contributed by atoms with Crippen LogP contribution in [0, 0.1) is 0 Å². The molecule has 3 nitrogen and oxygen atoms in total. The summed E-state index contributed by atoms with van der Waals surface area (Å²) in [6, 6.07) is 5.12. The van der Waals surface area contributed by atoms with E-state index in [1.807, 2.05) is 0 Å². The van der Waals surface area contributed by atoms with Crippen LogP contribution in [-0.4, -0.2) is 24.4 Å². The van der Waals surface area contributed by atoms with Crippen LogP contribution in [0.15, 0.2) is 18.2 Å². The fourth-order valence-corrected chi connectivity index (χ4v) is 1.90. The number of benzene rings is 1. The van der Waals surface area contributed by atoms with E-state index in [9.17, 15) is 0 Å². The minimum Gasteiger partial charge on any atom is -0.394 e. The molecule has 0 spiro atoms. The first-order valence-corrected chi connectivity index (χ1v) is 5.29. The van der Waals surface area contributed by atoms with Gasteiger partial charge in [0.2, 0.25) is 0 Å². The van der Waals surface area contributed by atoms with Crippen LogP contribution in [0.1, 0.15) is 11.9 Å². The fraction of sp³-hybridized carbons (Fsp3) is 0.400. The van der Waals surface area contributed by atoms with Gasteiger partial charge in [-0.25, -0.2) is 0 Å². The molecule has 5 heteroatoms. The molecule has 1 aliphatic heterocycles. The van der Waals surface area contributed by atoms with Gasteiger partial charge in [0.1, 0.15) is 6.10 Å². The zero-order valence-corrected chi connectivity index (χ0v) is 9.33. The Kier molecular flexibility index (Phi) is 3.49. The van der Waals surface area contributed by atoms with E-state index in [1.165, 1.54) is 0 Å². The van der Waals surface area contributed by atoms with Crippen LogP contribution in [0.25, 0.3) is 0 Å². The molecule has 1 aromatic rings. The molecular formula is C10H10Cl2O3. The summed E-state index contributed by atoms with van der Waals surface area (Å²) in [4.78, 5) is 0. The highest BCUT2D eigenvalue weighted by Gasteiger charge is 2.28. The van der Waals surface area contributed by atoms with Crippen molar-refractivity contribution in [2.45, 2.75) is 12.4 Å². The van der Waals surface area contributed by atoms with E-state index in [1.54, 1.807) is 18.2 Å². The molecule has 1 aromatic carbocycles. The molecule has 0 bridgehead atoms. The van der Waals surface area contributed by atoms with E-state index < -0.39 is 6.29 Å². The average molecular weight is 249 g/mol. The van der Waals surface area contributed by atoms with E-state index in [-0.39, 0.29) is 12.7 Å². The molecule has 0 aliphatic carbocycles. The maximum absolute atomic E-state index is 8.89. The van der Waals surface area contributed by atoms with Crippen molar-refractivity contribution < 1.29 is 14.6 Å². The summed E-state index contributed by atoms with van der Waals surface area (Å²) in [6.45, 7) is 0.321. The highest BCUT2D eigenvalue weighted by molar-refractivity contribution is 6.35. The third kappa shape index (κ3) is 2.44. The summed E-state index contributed by atoms with van der Waals surface area (Å²) in [5.41, 5.74) is 0.733. The van der Waals surface area contributed by atoms with Crippen molar-refractivity contribution in [1.82, 2.24) is 0 Å². The Labute approximate surface area is 97.5 Å². The molecule has 82 valence electrons. The molecule has 1 saturated heterocycles. The highest BCUT2D eigenvalue weighted by Crippen LogP contribution is 2.33. The third-order valence-corrected chi connectivity index (χ3v) is 2.73. The third-order valence-electron chi connectivity index (χ3n) is 2.17. The molecule has 1 N–H and O–H groups in total. The summed E-state index contributed by atoms with van der Waals surface area (Å²) < 4.78 is 10.8. The van der Waals surface area contributed by atoms with Gasteiger partial charge in [0.05, 0.1) is 18.2 Å². The van der Waals surface area contributed by atoms with E-state index >= 15 is 0 Å². The van der Waals surface area contributed by atoms with Crippen molar-refractivity contribution in [2.24, 2.45) is 0 Å². The minimum absolute atomic E-state index is 0.0539. The molecule has 0 saturated carbocycles. The minimum atomic E-state index is -0.507. The monoisotopic (exact) mass is 248 g/mol. The van der Waals surface area contributed by atoms with Crippen molar-refractivity contribution >= 4 is 23.2 Å². The summed E-state index contributed by atoms with van der Waals surface area (Å²) in [7, 11) is 0. The Morgan fingerprint density at radius 3 is 2.80 bits per heavy atom. The normalized spacial score (nSPS) is 25.8.